The van der Waals surface area contributed by atoms with Gasteiger partial charge in [0.25, 0.3) is 5.56 Å². The molecule has 8 nitrogen and oxygen atoms in total. The van der Waals surface area contributed by atoms with Crippen molar-refractivity contribution < 1.29 is 0 Å². The molecule has 3 aromatic heterocycles. The van der Waals surface area contributed by atoms with Crippen molar-refractivity contribution in [2.75, 3.05) is 11.9 Å². The Kier molecular flexibility index (Phi) is 4.10. The highest BCUT2D eigenvalue weighted by Gasteiger charge is 2.21. The van der Waals surface area contributed by atoms with Gasteiger partial charge in [-0.2, -0.15) is 0 Å². The van der Waals surface area contributed by atoms with Gasteiger partial charge in [-0.3, -0.25) is 13.9 Å². The number of fused-ring (bicyclic) bond motifs is 1. The number of imidazole rings is 1. The molecule has 1 saturated carbocycles. The predicted molar refractivity (Wildman–Crippen MR) is 100 cm³/mol. The molecule has 0 bridgehead atoms. The topological polar surface area (TPSA) is 97.6 Å². The van der Waals surface area contributed by atoms with Gasteiger partial charge >= 0.3 is 5.69 Å². The van der Waals surface area contributed by atoms with Crippen LogP contribution in [-0.2, 0) is 13.1 Å². The second-order valence-electron chi connectivity index (χ2n) is 6.62. The fourth-order valence-electron chi connectivity index (χ4n) is 3.08. The number of aromatic amines is 1. The highest BCUT2D eigenvalue weighted by atomic mass is 16.2. The van der Waals surface area contributed by atoms with Crippen LogP contribution in [0.5, 0.6) is 0 Å². The summed E-state index contributed by atoms with van der Waals surface area (Å²) in [6.45, 7) is 5.37. The summed E-state index contributed by atoms with van der Waals surface area (Å²) in [6.07, 6.45) is 4.30. The second-order valence-corrected chi connectivity index (χ2v) is 6.62. The number of pyridine rings is 1. The molecule has 0 aliphatic heterocycles. The van der Waals surface area contributed by atoms with Crippen molar-refractivity contribution in [1.82, 2.24) is 24.1 Å². The minimum atomic E-state index is -0.341. The molecule has 0 atom stereocenters. The summed E-state index contributed by atoms with van der Waals surface area (Å²) < 4.78 is 2.73. The van der Waals surface area contributed by atoms with Crippen LogP contribution < -0.4 is 16.6 Å². The summed E-state index contributed by atoms with van der Waals surface area (Å²) in [6, 6.07) is 3.81. The Bertz CT molecular complexity index is 1060. The van der Waals surface area contributed by atoms with E-state index in [1.807, 2.05) is 19.1 Å². The minimum absolute atomic E-state index is 0.324. The zero-order chi connectivity index (χ0) is 18.3. The molecule has 2 N–H and O–H groups in total. The van der Waals surface area contributed by atoms with Crippen molar-refractivity contribution in [3.05, 3.63) is 39.2 Å². The molecule has 0 unspecified atom stereocenters. The maximum Gasteiger partial charge on any atom is 0.332 e. The number of anilines is 1. The van der Waals surface area contributed by atoms with Crippen LogP contribution in [-0.4, -0.2) is 30.6 Å². The molecule has 26 heavy (non-hydrogen) atoms. The van der Waals surface area contributed by atoms with E-state index in [1.54, 1.807) is 13.1 Å². The van der Waals surface area contributed by atoms with Gasteiger partial charge in [-0.15, -0.1) is 0 Å². The number of nitrogens with one attached hydrogen (secondary N) is 2. The summed E-state index contributed by atoms with van der Waals surface area (Å²) in [4.78, 5) is 37.0. The molecule has 1 aliphatic carbocycles. The van der Waals surface area contributed by atoms with Gasteiger partial charge in [0, 0.05) is 31.4 Å². The van der Waals surface area contributed by atoms with E-state index in [0.717, 1.165) is 23.8 Å². The molecule has 3 heterocycles. The number of hydrogen-bond acceptors (Lipinski definition) is 5. The van der Waals surface area contributed by atoms with Crippen molar-refractivity contribution in [2.45, 2.75) is 39.8 Å². The molecule has 0 saturated heterocycles. The molecular weight excluding hydrogens is 332 g/mol. The van der Waals surface area contributed by atoms with Crippen LogP contribution in [0.25, 0.3) is 22.6 Å². The van der Waals surface area contributed by atoms with Crippen LogP contribution >= 0.6 is 0 Å². The normalized spacial score (nSPS) is 14.1. The Morgan fingerprint density at radius 3 is 2.58 bits per heavy atom. The third kappa shape index (κ3) is 2.81. The Morgan fingerprint density at radius 2 is 1.96 bits per heavy atom. The standard InChI is InChI=1S/C18H22N6O2/c1-3-23-16-14(17(25)24(4-2)18(23)26)21-15(22-16)12-7-8-13(20-10-12)19-9-11-5-6-11/h7-8,10-11H,3-6,9H2,1-2H3,(H,19,20)(H,21,22). The smallest absolute Gasteiger partial charge is 0.332 e. The first-order valence-electron chi connectivity index (χ1n) is 9.06. The summed E-state index contributed by atoms with van der Waals surface area (Å²) in [5, 5.41) is 3.32. The lowest BCUT2D eigenvalue weighted by atomic mass is 10.2. The van der Waals surface area contributed by atoms with Crippen LogP contribution in [0.3, 0.4) is 0 Å². The fraction of sp³-hybridized carbons (Fsp3) is 0.444. The number of aryl methyl sites for hydroxylation is 1. The minimum Gasteiger partial charge on any atom is -0.370 e. The van der Waals surface area contributed by atoms with E-state index >= 15 is 0 Å². The zero-order valence-electron chi connectivity index (χ0n) is 15.0. The molecule has 0 spiro atoms. The third-order valence-corrected chi connectivity index (χ3v) is 4.80. The van der Waals surface area contributed by atoms with Crippen LogP contribution in [0.15, 0.2) is 27.9 Å². The molecule has 1 aliphatic rings. The number of nitrogens with zero attached hydrogens (tertiary/aromatic N) is 4. The number of H-pyrrole nitrogens is 1. The summed E-state index contributed by atoms with van der Waals surface area (Å²) in [5.41, 5.74) is 0.836. The Balaban J connectivity index is 1.74. The van der Waals surface area contributed by atoms with Gasteiger partial charge in [-0.1, -0.05) is 0 Å². The highest BCUT2D eigenvalue weighted by Crippen LogP contribution is 2.28. The Morgan fingerprint density at radius 1 is 1.19 bits per heavy atom. The maximum absolute atomic E-state index is 12.6. The molecule has 0 aromatic carbocycles. The average molecular weight is 354 g/mol. The van der Waals surface area contributed by atoms with Crippen LogP contribution in [0.1, 0.15) is 26.7 Å². The van der Waals surface area contributed by atoms with E-state index in [2.05, 4.69) is 20.3 Å². The third-order valence-electron chi connectivity index (χ3n) is 4.80. The first kappa shape index (κ1) is 16.6. The van der Waals surface area contributed by atoms with Crippen molar-refractivity contribution in [3.63, 3.8) is 0 Å². The van der Waals surface area contributed by atoms with Gasteiger partial charge in [-0.25, -0.2) is 14.8 Å². The summed E-state index contributed by atoms with van der Waals surface area (Å²) in [5.74, 6) is 2.14. The van der Waals surface area contributed by atoms with Crippen molar-refractivity contribution in [1.29, 1.82) is 0 Å². The van der Waals surface area contributed by atoms with Crippen molar-refractivity contribution in [3.8, 4) is 11.4 Å². The van der Waals surface area contributed by atoms with Crippen molar-refractivity contribution in [2.24, 2.45) is 5.92 Å². The quantitative estimate of drug-likeness (QED) is 0.703. The second kappa shape index (κ2) is 6.44. The molecule has 0 amide bonds. The lowest BCUT2D eigenvalue weighted by Gasteiger charge is -2.06. The van der Waals surface area contributed by atoms with Gasteiger partial charge < -0.3 is 10.3 Å². The van der Waals surface area contributed by atoms with Crippen molar-refractivity contribution >= 4 is 17.0 Å². The van der Waals surface area contributed by atoms with Gasteiger partial charge in [0.05, 0.1) is 0 Å². The first-order valence-corrected chi connectivity index (χ1v) is 9.06. The van der Waals surface area contributed by atoms with E-state index in [9.17, 15) is 9.59 Å². The first-order chi connectivity index (χ1) is 12.6. The molecular formula is C18H22N6O2. The largest absolute Gasteiger partial charge is 0.370 e. The van der Waals surface area contributed by atoms with Gasteiger partial charge in [0.15, 0.2) is 5.65 Å². The molecule has 3 aromatic rings. The molecule has 8 heteroatoms. The predicted octanol–water partition coefficient (Wildman–Crippen LogP) is 1.81. The van der Waals surface area contributed by atoms with E-state index < -0.39 is 0 Å². The fourth-order valence-corrected chi connectivity index (χ4v) is 3.08. The van der Waals surface area contributed by atoms with Gasteiger partial charge in [-0.05, 0) is 44.7 Å². The van der Waals surface area contributed by atoms with E-state index in [0.29, 0.717) is 30.1 Å². The summed E-state index contributed by atoms with van der Waals surface area (Å²) in [7, 11) is 0. The van der Waals surface area contributed by atoms with E-state index in [4.69, 9.17) is 0 Å². The van der Waals surface area contributed by atoms with Crippen LogP contribution in [0, 0.1) is 5.92 Å². The molecule has 1 fully saturated rings. The summed E-state index contributed by atoms with van der Waals surface area (Å²) >= 11 is 0. The lowest BCUT2D eigenvalue weighted by molar-refractivity contribution is 0.606. The monoisotopic (exact) mass is 354 g/mol. The lowest BCUT2D eigenvalue weighted by Crippen LogP contribution is -2.39. The zero-order valence-corrected chi connectivity index (χ0v) is 15.0. The van der Waals surface area contributed by atoms with Crippen LogP contribution in [0.4, 0.5) is 5.82 Å². The van der Waals surface area contributed by atoms with Gasteiger partial charge in [0.2, 0.25) is 0 Å². The van der Waals surface area contributed by atoms with Gasteiger partial charge in [0.1, 0.15) is 17.2 Å². The Hall–Kier alpha value is -2.90. The molecule has 4 rings (SSSR count). The molecule has 136 valence electrons. The maximum atomic E-state index is 12.6. The average Bonchev–Trinajstić information content (AvgIpc) is 3.38. The Labute approximate surface area is 149 Å². The molecule has 0 radical (unpaired) electrons. The highest BCUT2D eigenvalue weighted by molar-refractivity contribution is 5.75. The number of rotatable bonds is 6. The van der Waals surface area contributed by atoms with E-state index in [1.165, 1.54) is 22.0 Å². The number of aromatic nitrogens is 5. The number of hydrogen-bond donors (Lipinski definition) is 2. The van der Waals surface area contributed by atoms with E-state index in [-0.39, 0.29) is 11.2 Å². The van der Waals surface area contributed by atoms with Crippen LogP contribution in [0.2, 0.25) is 0 Å². The SMILES string of the molecule is CCn1c(=O)c2[nH]c(-c3ccc(NCC4CC4)nc3)nc2n(CC)c1=O.